The van der Waals surface area contributed by atoms with Gasteiger partial charge in [0.2, 0.25) is 0 Å². The van der Waals surface area contributed by atoms with E-state index in [0.29, 0.717) is 13.0 Å². The Morgan fingerprint density at radius 1 is 1.37 bits per heavy atom. The highest BCUT2D eigenvalue weighted by Crippen LogP contribution is 2.20. The van der Waals surface area contributed by atoms with E-state index < -0.39 is 0 Å². The summed E-state index contributed by atoms with van der Waals surface area (Å²) < 4.78 is 4.88. The molecule has 19 heavy (non-hydrogen) atoms. The van der Waals surface area contributed by atoms with Crippen molar-refractivity contribution in [2.24, 2.45) is 0 Å². The normalized spacial score (nSPS) is 10.8. The number of para-hydroxylation sites is 2. The summed E-state index contributed by atoms with van der Waals surface area (Å²) in [4.78, 5) is 18.9. The average Bonchev–Trinajstić information content (AvgIpc) is 2.81. The highest BCUT2D eigenvalue weighted by atomic mass is 32.2. The summed E-state index contributed by atoms with van der Waals surface area (Å²) >= 11 is 1.69. The number of thioether (sulfide) groups is 1. The second kappa shape index (κ2) is 7.19. The van der Waals surface area contributed by atoms with Crippen molar-refractivity contribution in [3.05, 3.63) is 24.3 Å². The molecule has 2 rings (SSSR count). The molecule has 0 unspecified atom stereocenters. The fourth-order valence-corrected chi connectivity index (χ4v) is 2.66. The van der Waals surface area contributed by atoms with Gasteiger partial charge in [-0.1, -0.05) is 23.9 Å². The topological polar surface area (TPSA) is 55.0 Å². The summed E-state index contributed by atoms with van der Waals surface area (Å²) in [5.74, 6) is 0.857. The van der Waals surface area contributed by atoms with Crippen LogP contribution in [0.1, 0.15) is 26.2 Å². The van der Waals surface area contributed by atoms with Crippen LogP contribution >= 0.6 is 11.8 Å². The van der Waals surface area contributed by atoms with E-state index in [4.69, 9.17) is 4.74 Å². The number of hydrogen-bond donors (Lipinski definition) is 1. The van der Waals surface area contributed by atoms with Crippen LogP contribution in [0.15, 0.2) is 29.4 Å². The fourth-order valence-electron chi connectivity index (χ4n) is 1.77. The third-order valence-electron chi connectivity index (χ3n) is 2.69. The molecular weight excluding hydrogens is 260 g/mol. The highest BCUT2D eigenvalue weighted by molar-refractivity contribution is 7.99. The third-order valence-corrected chi connectivity index (χ3v) is 3.65. The number of ether oxygens (including phenoxy) is 1. The van der Waals surface area contributed by atoms with E-state index in [9.17, 15) is 4.79 Å². The predicted octanol–water partition coefficient (Wildman–Crippen LogP) is 3.39. The Bertz CT molecular complexity index is 506. The molecule has 102 valence electrons. The van der Waals surface area contributed by atoms with Crippen molar-refractivity contribution in [2.75, 3.05) is 12.4 Å². The maximum Gasteiger partial charge on any atom is 0.305 e. The molecule has 4 nitrogen and oxygen atoms in total. The molecule has 1 aromatic carbocycles. The number of H-pyrrole nitrogens is 1. The van der Waals surface area contributed by atoms with Crippen molar-refractivity contribution >= 4 is 28.8 Å². The molecule has 0 atom stereocenters. The van der Waals surface area contributed by atoms with Gasteiger partial charge in [0.05, 0.1) is 17.6 Å². The molecule has 0 saturated heterocycles. The predicted molar refractivity (Wildman–Crippen MR) is 77.3 cm³/mol. The Morgan fingerprint density at radius 2 is 2.21 bits per heavy atom. The molecule has 5 heteroatoms. The Morgan fingerprint density at radius 3 is 3.00 bits per heavy atom. The number of carbonyl (C=O) groups excluding carboxylic acids is 1. The first kappa shape index (κ1) is 13.9. The number of fused-ring (bicyclic) bond motifs is 1. The second-order valence-corrected chi connectivity index (χ2v) is 5.25. The summed E-state index contributed by atoms with van der Waals surface area (Å²) in [7, 11) is 0. The van der Waals surface area contributed by atoms with E-state index in [1.807, 2.05) is 31.2 Å². The van der Waals surface area contributed by atoms with Crippen LogP contribution in [-0.2, 0) is 9.53 Å². The van der Waals surface area contributed by atoms with Gasteiger partial charge in [0, 0.05) is 12.2 Å². The fraction of sp³-hybridized carbons (Fsp3) is 0.429. The second-order valence-electron chi connectivity index (χ2n) is 4.17. The van der Waals surface area contributed by atoms with Gasteiger partial charge in [0.15, 0.2) is 5.16 Å². The molecule has 2 aromatic rings. The van der Waals surface area contributed by atoms with E-state index in [1.165, 1.54) is 0 Å². The zero-order valence-electron chi connectivity index (χ0n) is 11.0. The van der Waals surface area contributed by atoms with Gasteiger partial charge in [0.1, 0.15) is 0 Å². The molecule has 1 aromatic heterocycles. The Balaban J connectivity index is 1.69. The van der Waals surface area contributed by atoms with Gasteiger partial charge < -0.3 is 9.72 Å². The van der Waals surface area contributed by atoms with Gasteiger partial charge in [0.25, 0.3) is 0 Å². The summed E-state index contributed by atoms with van der Waals surface area (Å²) in [6, 6.07) is 8.00. The lowest BCUT2D eigenvalue weighted by molar-refractivity contribution is -0.143. The van der Waals surface area contributed by atoms with Crippen LogP contribution in [0.25, 0.3) is 11.0 Å². The van der Waals surface area contributed by atoms with Gasteiger partial charge in [-0.2, -0.15) is 0 Å². The molecule has 0 spiro atoms. The number of rotatable bonds is 7. The molecule has 0 aliphatic heterocycles. The van der Waals surface area contributed by atoms with Crippen LogP contribution in [0, 0.1) is 0 Å². The number of nitrogens with one attached hydrogen (secondary N) is 1. The van der Waals surface area contributed by atoms with E-state index in [1.54, 1.807) is 11.8 Å². The van der Waals surface area contributed by atoms with Gasteiger partial charge in [-0.25, -0.2) is 4.98 Å². The molecule has 1 heterocycles. The summed E-state index contributed by atoms with van der Waals surface area (Å²) in [5.41, 5.74) is 2.06. The number of benzene rings is 1. The van der Waals surface area contributed by atoms with Crippen LogP contribution in [0.4, 0.5) is 0 Å². The van der Waals surface area contributed by atoms with Gasteiger partial charge >= 0.3 is 5.97 Å². The zero-order valence-corrected chi connectivity index (χ0v) is 11.8. The van der Waals surface area contributed by atoms with Crippen LogP contribution in [0.3, 0.4) is 0 Å². The monoisotopic (exact) mass is 278 g/mol. The SMILES string of the molecule is CCOC(=O)CCCCSc1nc2ccccc2[nH]1. The van der Waals surface area contributed by atoms with Gasteiger partial charge in [-0.15, -0.1) is 0 Å². The summed E-state index contributed by atoms with van der Waals surface area (Å²) in [6.45, 7) is 2.29. The standard InChI is InChI=1S/C14H18N2O2S/c1-2-18-13(17)9-5-6-10-19-14-15-11-7-3-4-8-12(11)16-14/h3-4,7-8H,2,5-6,9-10H2,1H3,(H,15,16). The lowest BCUT2D eigenvalue weighted by Gasteiger charge is -2.00. The minimum absolute atomic E-state index is 0.101. The number of unbranched alkanes of at least 4 members (excludes halogenated alkanes) is 1. The molecular formula is C14H18N2O2S. The van der Waals surface area contributed by atoms with Crippen molar-refractivity contribution in [3.8, 4) is 0 Å². The van der Waals surface area contributed by atoms with Gasteiger partial charge in [-0.3, -0.25) is 4.79 Å². The average molecular weight is 278 g/mol. The van der Waals surface area contributed by atoms with Crippen molar-refractivity contribution in [2.45, 2.75) is 31.3 Å². The Labute approximate surface area is 116 Å². The molecule has 0 aliphatic carbocycles. The van der Waals surface area contributed by atoms with Crippen molar-refractivity contribution in [3.63, 3.8) is 0 Å². The first-order chi connectivity index (χ1) is 9.29. The summed E-state index contributed by atoms with van der Waals surface area (Å²) in [6.07, 6.45) is 2.36. The number of nitrogens with zero attached hydrogens (tertiary/aromatic N) is 1. The number of aromatic amines is 1. The molecule has 0 amide bonds. The number of carbonyl (C=O) groups is 1. The number of hydrogen-bond acceptors (Lipinski definition) is 4. The minimum atomic E-state index is -0.101. The van der Waals surface area contributed by atoms with E-state index in [0.717, 1.165) is 34.8 Å². The third kappa shape index (κ3) is 4.28. The van der Waals surface area contributed by atoms with E-state index in [-0.39, 0.29) is 5.97 Å². The van der Waals surface area contributed by atoms with Crippen molar-refractivity contribution in [1.29, 1.82) is 0 Å². The smallest absolute Gasteiger partial charge is 0.305 e. The van der Waals surface area contributed by atoms with Gasteiger partial charge in [-0.05, 0) is 31.9 Å². The lowest BCUT2D eigenvalue weighted by Crippen LogP contribution is -2.03. The largest absolute Gasteiger partial charge is 0.466 e. The van der Waals surface area contributed by atoms with E-state index in [2.05, 4.69) is 9.97 Å². The zero-order chi connectivity index (χ0) is 13.5. The Hall–Kier alpha value is -1.49. The van der Waals surface area contributed by atoms with Crippen LogP contribution < -0.4 is 0 Å². The van der Waals surface area contributed by atoms with Crippen LogP contribution in [0.2, 0.25) is 0 Å². The molecule has 0 radical (unpaired) electrons. The quantitative estimate of drug-likeness (QED) is 0.479. The molecule has 0 bridgehead atoms. The first-order valence-electron chi connectivity index (χ1n) is 6.52. The summed E-state index contributed by atoms with van der Waals surface area (Å²) in [5, 5.41) is 0.942. The maximum absolute atomic E-state index is 11.1. The maximum atomic E-state index is 11.1. The molecule has 0 aliphatic rings. The first-order valence-corrected chi connectivity index (χ1v) is 7.51. The number of imidazole rings is 1. The molecule has 0 saturated carbocycles. The Kier molecular flexibility index (Phi) is 5.27. The van der Waals surface area contributed by atoms with Crippen LogP contribution in [-0.4, -0.2) is 28.3 Å². The molecule has 1 N–H and O–H groups in total. The van der Waals surface area contributed by atoms with E-state index >= 15 is 0 Å². The number of aromatic nitrogens is 2. The highest BCUT2D eigenvalue weighted by Gasteiger charge is 2.04. The van der Waals surface area contributed by atoms with Crippen molar-refractivity contribution in [1.82, 2.24) is 9.97 Å². The van der Waals surface area contributed by atoms with Crippen molar-refractivity contribution < 1.29 is 9.53 Å². The minimum Gasteiger partial charge on any atom is -0.466 e. The lowest BCUT2D eigenvalue weighted by atomic mass is 10.2. The molecule has 0 fully saturated rings. The van der Waals surface area contributed by atoms with Crippen LogP contribution in [0.5, 0.6) is 0 Å². The number of esters is 1.